The Morgan fingerprint density at radius 3 is 2.53 bits per heavy atom. The summed E-state index contributed by atoms with van der Waals surface area (Å²) in [6.07, 6.45) is 0. The Morgan fingerprint density at radius 2 is 1.89 bits per heavy atom. The van der Waals surface area contributed by atoms with Crippen LogP contribution in [-0.2, 0) is 0 Å². The predicted octanol–water partition coefficient (Wildman–Crippen LogP) is 5.01. The van der Waals surface area contributed by atoms with Crippen molar-refractivity contribution in [1.82, 2.24) is 0 Å². The van der Waals surface area contributed by atoms with Crippen LogP contribution in [0, 0.1) is 6.92 Å². The molecule has 0 aliphatic heterocycles. The fourth-order valence-corrected chi connectivity index (χ4v) is 2.17. The van der Waals surface area contributed by atoms with Gasteiger partial charge in [0.1, 0.15) is 17.1 Å². The van der Waals surface area contributed by atoms with Crippen LogP contribution in [0.15, 0.2) is 45.3 Å². The van der Waals surface area contributed by atoms with Crippen molar-refractivity contribution in [2.45, 2.75) is 6.92 Å². The lowest BCUT2D eigenvalue weighted by atomic mass is 10.2. The van der Waals surface area contributed by atoms with Crippen LogP contribution in [0.4, 0.5) is 0 Å². The first-order chi connectivity index (χ1) is 8.97. The highest BCUT2D eigenvalue weighted by Gasteiger charge is 2.13. The quantitative estimate of drug-likeness (QED) is 0.807. The van der Waals surface area contributed by atoms with E-state index in [2.05, 4.69) is 31.9 Å². The second kappa shape index (κ2) is 5.75. The summed E-state index contributed by atoms with van der Waals surface area (Å²) in [5.74, 6) is -0.104. The summed E-state index contributed by atoms with van der Waals surface area (Å²) in [5, 5.41) is 9.16. The van der Waals surface area contributed by atoms with Crippen LogP contribution >= 0.6 is 31.9 Å². The molecule has 0 atom stereocenters. The van der Waals surface area contributed by atoms with Crippen molar-refractivity contribution in [3.63, 3.8) is 0 Å². The van der Waals surface area contributed by atoms with Gasteiger partial charge in [-0.1, -0.05) is 31.9 Å². The van der Waals surface area contributed by atoms with E-state index in [1.165, 1.54) is 6.07 Å². The van der Waals surface area contributed by atoms with Gasteiger partial charge in [-0.15, -0.1) is 0 Å². The maximum atomic E-state index is 11.2. The maximum Gasteiger partial charge on any atom is 0.339 e. The molecule has 0 radical (unpaired) electrons. The molecule has 2 rings (SSSR count). The van der Waals surface area contributed by atoms with E-state index in [0.717, 1.165) is 10.0 Å². The van der Waals surface area contributed by atoms with Crippen molar-refractivity contribution in [3.05, 3.63) is 56.5 Å². The van der Waals surface area contributed by atoms with Gasteiger partial charge in [-0.25, -0.2) is 4.79 Å². The lowest BCUT2D eigenvalue weighted by Gasteiger charge is -2.10. The predicted molar refractivity (Wildman–Crippen MR) is 80.1 cm³/mol. The van der Waals surface area contributed by atoms with Crippen LogP contribution in [0.2, 0.25) is 0 Å². The average molecular weight is 386 g/mol. The Bertz CT molecular complexity index is 639. The summed E-state index contributed by atoms with van der Waals surface area (Å²) in [7, 11) is 0. The molecule has 0 amide bonds. The Balaban J connectivity index is 2.37. The molecule has 0 aromatic heterocycles. The third kappa shape index (κ3) is 3.36. The first-order valence-corrected chi connectivity index (χ1v) is 7.03. The number of hydrogen-bond acceptors (Lipinski definition) is 2. The van der Waals surface area contributed by atoms with Crippen LogP contribution in [-0.4, -0.2) is 11.1 Å². The third-order valence-electron chi connectivity index (χ3n) is 2.53. The third-order valence-corrected chi connectivity index (χ3v) is 3.91. The van der Waals surface area contributed by atoms with Gasteiger partial charge in [0.15, 0.2) is 0 Å². The van der Waals surface area contributed by atoms with Crippen LogP contribution in [0.25, 0.3) is 0 Å². The Hall–Kier alpha value is -1.33. The second-order valence-electron chi connectivity index (χ2n) is 3.96. The first-order valence-electron chi connectivity index (χ1n) is 5.44. The second-order valence-corrected chi connectivity index (χ2v) is 5.73. The van der Waals surface area contributed by atoms with Gasteiger partial charge in [-0.05, 0) is 48.9 Å². The molecule has 3 nitrogen and oxygen atoms in total. The molecule has 0 aliphatic rings. The smallest absolute Gasteiger partial charge is 0.339 e. The van der Waals surface area contributed by atoms with Crippen molar-refractivity contribution in [2.75, 3.05) is 0 Å². The molecule has 0 bridgehead atoms. The summed E-state index contributed by atoms with van der Waals surface area (Å²) in [4.78, 5) is 11.2. The molecule has 1 N–H and O–H groups in total. The molecule has 0 saturated heterocycles. The number of benzene rings is 2. The zero-order valence-electron chi connectivity index (χ0n) is 9.98. The van der Waals surface area contributed by atoms with Crippen LogP contribution < -0.4 is 4.74 Å². The molecular weight excluding hydrogens is 376 g/mol. The molecule has 0 spiro atoms. The average Bonchev–Trinajstić information content (AvgIpc) is 2.36. The van der Waals surface area contributed by atoms with Crippen LogP contribution in [0.5, 0.6) is 11.5 Å². The molecule has 98 valence electrons. The van der Waals surface area contributed by atoms with Gasteiger partial charge in [-0.2, -0.15) is 0 Å². The SMILES string of the molecule is Cc1cc(Oc2ccc(Br)cc2C(=O)O)ccc1Br. The Labute approximate surface area is 127 Å². The molecule has 0 aliphatic carbocycles. The normalized spacial score (nSPS) is 10.3. The van der Waals surface area contributed by atoms with Crippen molar-refractivity contribution in [3.8, 4) is 11.5 Å². The lowest BCUT2D eigenvalue weighted by Crippen LogP contribution is -2.00. The molecule has 0 unspecified atom stereocenters. The zero-order valence-corrected chi connectivity index (χ0v) is 13.2. The molecule has 5 heteroatoms. The first kappa shape index (κ1) is 14.1. The molecule has 0 heterocycles. The van der Waals surface area contributed by atoms with Crippen molar-refractivity contribution in [1.29, 1.82) is 0 Å². The number of carbonyl (C=O) groups is 1. The molecule has 19 heavy (non-hydrogen) atoms. The summed E-state index contributed by atoms with van der Waals surface area (Å²) in [6.45, 7) is 1.94. The van der Waals surface area contributed by atoms with Gasteiger partial charge in [0, 0.05) is 8.95 Å². The van der Waals surface area contributed by atoms with Crippen LogP contribution in [0.1, 0.15) is 15.9 Å². The summed E-state index contributed by atoms with van der Waals surface area (Å²) < 4.78 is 7.32. The minimum Gasteiger partial charge on any atom is -0.478 e. The van der Waals surface area contributed by atoms with E-state index in [1.807, 2.05) is 19.1 Å². The number of rotatable bonds is 3. The zero-order chi connectivity index (χ0) is 14.0. The van der Waals surface area contributed by atoms with E-state index in [4.69, 9.17) is 9.84 Å². The van der Waals surface area contributed by atoms with E-state index in [-0.39, 0.29) is 5.56 Å². The van der Waals surface area contributed by atoms with E-state index >= 15 is 0 Å². The molecule has 0 saturated carbocycles. The molecule has 0 fully saturated rings. The fourth-order valence-electron chi connectivity index (χ4n) is 1.57. The maximum absolute atomic E-state index is 11.2. The van der Waals surface area contributed by atoms with E-state index in [9.17, 15) is 4.79 Å². The van der Waals surface area contributed by atoms with Gasteiger partial charge in [0.05, 0.1) is 0 Å². The molecular formula is C14H10Br2O3. The number of halogens is 2. The van der Waals surface area contributed by atoms with Crippen LogP contribution in [0.3, 0.4) is 0 Å². The number of carboxylic acids is 1. The van der Waals surface area contributed by atoms with E-state index in [0.29, 0.717) is 16.0 Å². The van der Waals surface area contributed by atoms with E-state index < -0.39 is 5.97 Å². The minimum atomic E-state index is -1.02. The Kier molecular flexibility index (Phi) is 4.27. The summed E-state index contributed by atoms with van der Waals surface area (Å²) >= 11 is 6.65. The summed E-state index contributed by atoms with van der Waals surface area (Å²) in [5.41, 5.74) is 1.14. The van der Waals surface area contributed by atoms with Gasteiger partial charge in [0.2, 0.25) is 0 Å². The number of hydrogen-bond donors (Lipinski definition) is 1. The molecule has 2 aromatic carbocycles. The Morgan fingerprint density at radius 1 is 1.16 bits per heavy atom. The van der Waals surface area contributed by atoms with Gasteiger partial charge < -0.3 is 9.84 Å². The topological polar surface area (TPSA) is 46.5 Å². The van der Waals surface area contributed by atoms with Gasteiger partial charge in [0.25, 0.3) is 0 Å². The van der Waals surface area contributed by atoms with Crippen molar-refractivity contribution < 1.29 is 14.6 Å². The summed E-state index contributed by atoms with van der Waals surface area (Å²) in [6, 6.07) is 10.4. The monoisotopic (exact) mass is 384 g/mol. The van der Waals surface area contributed by atoms with Gasteiger partial charge in [-0.3, -0.25) is 0 Å². The standard InChI is InChI=1S/C14H10Br2O3/c1-8-6-10(3-4-12(8)16)19-13-5-2-9(15)7-11(13)14(17)18/h2-7H,1H3,(H,17,18). The van der Waals surface area contributed by atoms with Crippen molar-refractivity contribution >= 4 is 37.8 Å². The minimum absolute atomic E-state index is 0.120. The fraction of sp³-hybridized carbons (Fsp3) is 0.0714. The highest BCUT2D eigenvalue weighted by Crippen LogP contribution is 2.30. The molecule has 2 aromatic rings. The highest BCUT2D eigenvalue weighted by atomic mass is 79.9. The highest BCUT2D eigenvalue weighted by molar-refractivity contribution is 9.10. The number of aryl methyl sites for hydroxylation is 1. The lowest BCUT2D eigenvalue weighted by molar-refractivity contribution is 0.0694. The van der Waals surface area contributed by atoms with Gasteiger partial charge >= 0.3 is 5.97 Å². The van der Waals surface area contributed by atoms with Crippen molar-refractivity contribution in [2.24, 2.45) is 0 Å². The number of aromatic carboxylic acids is 1. The number of carboxylic acid groups (broad SMARTS) is 1. The number of ether oxygens (including phenoxy) is 1. The van der Waals surface area contributed by atoms with E-state index in [1.54, 1.807) is 18.2 Å². The largest absolute Gasteiger partial charge is 0.478 e.